The molecule has 1 N–H and O–H groups in total. The fraction of sp³-hybridized carbons (Fsp3) is 0.263. The van der Waals surface area contributed by atoms with E-state index in [9.17, 15) is 10.5 Å². The minimum Gasteiger partial charge on any atom is -0.307 e. The zero-order chi connectivity index (χ0) is 15.6. The van der Waals surface area contributed by atoms with Crippen molar-refractivity contribution in [2.24, 2.45) is 5.41 Å². The van der Waals surface area contributed by atoms with Gasteiger partial charge >= 0.3 is 0 Å². The molecule has 0 bridgehead atoms. The highest BCUT2D eigenvalue weighted by atomic mass is 15.0. The van der Waals surface area contributed by atoms with Crippen molar-refractivity contribution >= 4 is 0 Å². The molecule has 1 heterocycles. The molecule has 0 spiro atoms. The average molecular weight is 287 g/mol. The number of nitrogens with one attached hydrogen (secondary N) is 1. The van der Waals surface area contributed by atoms with Crippen LogP contribution in [0.5, 0.6) is 0 Å². The molecule has 2 atom stereocenters. The summed E-state index contributed by atoms with van der Waals surface area (Å²) < 4.78 is 0. The van der Waals surface area contributed by atoms with Gasteiger partial charge in [-0.3, -0.25) is 0 Å². The quantitative estimate of drug-likeness (QED) is 0.920. The highest BCUT2D eigenvalue weighted by Crippen LogP contribution is 2.49. The molecule has 3 heteroatoms. The van der Waals surface area contributed by atoms with E-state index in [1.807, 2.05) is 61.5 Å². The average Bonchev–Trinajstić information content (AvgIpc) is 2.96. The largest absolute Gasteiger partial charge is 0.307 e. The van der Waals surface area contributed by atoms with E-state index in [1.165, 1.54) is 5.56 Å². The lowest BCUT2D eigenvalue weighted by atomic mass is 9.70. The van der Waals surface area contributed by atoms with E-state index in [1.54, 1.807) is 0 Å². The van der Waals surface area contributed by atoms with E-state index >= 15 is 0 Å². The van der Waals surface area contributed by atoms with Gasteiger partial charge in [0.15, 0.2) is 5.41 Å². The summed E-state index contributed by atoms with van der Waals surface area (Å²) in [4.78, 5) is 0. The third-order valence-electron chi connectivity index (χ3n) is 4.51. The van der Waals surface area contributed by atoms with E-state index in [0.717, 1.165) is 11.1 Å². The molecule has 0 aliphatic carbocycles. The number of nitriles is 2. The molecule has 0 radical (unpaired) electrons. The van der Waals surface area contributed by atoms with Gasteiger partial charge in [-0.05, 0) is 18.1 Å². The summed E-state index contributed by atoms with van der Waals surface area (Å²) in [6.45, 7) is 2.66. The van der Waals surface area contributed by atoms with Crippen molar-refractivity contribution in [2.75, 3.05) is 6.54 Å². The Bertz CT molecular complexity index is 721. The molecule has 0 aromatic heterocycles. The minimum absolute atomic E-state index is 0.131. The standard InChI is InChI=1S/C19H17N3/c1-14-7-9-15(10-8-14)17-11-22-18(19(17,12-20)13-21)16-5-3-2-4-6-16/h2-10,17-18,22H,11H2,1H3. The maximum absolute atomic E-state index is 9.82. The molecule has 2 aromatic rings. The summed E-state index contributed by atoms with van der Waals surface area (Å²) in [5.74, 6) is -0.131. The molecular weight excluding hydrogens is 270 g/mol. The highest BCUT2D eigenvalue weighted by Gasteiger charge is 2.52. The van der Waals surface area contributed by atoms with Gasteiger partial charge in [-0.15, -0.1) is 0 Å². The van der Waals surface area contributed by atoms with Gasteiger partial charge in [-0.2, -0.15) is 10.5 Å². The van der Waals surface area contributed by atoms with Crippen molar-refractivity contribution in [3.63, 3.8) is 0 Å². The van der Waals surface area contributed by atoms with E-state index < -0.39 is 5.41 Å². The summed E-state index contributed by atoms with van der Waals surface area (Å²) in [5, 5.41) is 23.0. The molecule has 0 saturated carbocycles. The number of aryl methyl sites for hydroxylation is 1. The Kier molecular flexibility index (Phi) is 3.67. The van der Waals surface area contributed by atoms with Crippen molar-refractivity contribution in [1.29, 1.82) is 10.5 Å². The highest BCUT2D eigenvalue weighted by molar-refractivity contribution is 5.41. The maximum atomic E-state index is 9.82. The lowest BCUT2D eigenvalue weighted by Crippen LogP contribution is -2.29. The lowest BCUT2D eigenvalue weighted by Gasteiger charge is -2.26. The topological polar surface area (TPSA) is 59.6 Å². The fourth-order valence-corrected chi connectivity index (χ4v) is 3.27. The van der Waals surface area contributed by atoms with Crippen LogP contribution in [0.2, 0.25) is 0 Å². The number of hydrogen-bond donors (Lipinski definition) is 1. The Balaban J connectivity index is 2.05. The van der Waals surface area contributed by atoms with Gasteiger partial charge in [-0.1, -0.05) is 60.2 Å². The number of hydrogen-bond acceptors (Lipinski definition) is 3. The van der Waals surface area contributed by atoms with Gasteiger partial charge in [0.1, 0.15) is 0 Å². The molecular formula is C19H17N3. The van der Waals surface area contributed by atoms with Crippen LogP contribution in [-0.2, 0) is 0 Å². The Morgan fingerprint density at radius 1 is 0.955 bits per heavy atom. The Morgan fingerprint density at radius 3 is 2.18 bits per heavy atom. The lowest BCUT2D eigenvalue weighted by molar-refractivity contribution is 0.417. The Labute approximate surface area is 130 Å². The van der Waals surface area contributed by atoms with Gasteiger partial charge < -0.3 is 5.32 Å². The number of benzene rings is 2. The first-order chi connectivity index (χ1) is 10.7. The molecule has 2 aromatic carbocycles. The smallest absolute Gasteiger partial charge is 0.171 e. The first kappa shape index (κ1) is 14.3. The molecule has 1 fully saturated rings. The molecule has 0 amide bonds. The second-order valence-electron chi connectivity index (χ2n) is 5.81. The van der Waals surface area contributed by atoms with Crippen LogP contribution >= 0.6 is 0 Å². The minimum atomic E-state index is -1.09. The molecule has 108 valence electrons. The fourth-order valence-electron chi connectivity index (χ4n) is 3.27. The zero-order valence-electron chi connectivity index (χ0n) is 12.5. The number of rotatable bonds is 2. The third-order valence-corrected chi connectivity index (χ3v) is 4.51. The molecule has 3 rings (SSSR count). The van der Waals surface area contributed by atoms with Crippen molar-refractivity contribution in [1.82, 2.24) is 5.32 Å². The predicted octanol–water partition coefficient (Wildman–Crippen LogP) is 3.46. The normalized spacial score (nSPS) is 22.7. The molecule has 1 aliphatic heterocycles. The van der Waals surface area contributed by atoms with Crippen LogP contribution in [0.1, 0.15) is 28.7 Å². The van der Waals surface area contributed by atoms with Crippen molar-refractivity contribution in [3.8, 4) is 12.1 Å². The van der Waals surface area contributed by atoms with Crippen LogP contribution in [0.3, 0.4) is 0 Å². The maximum Gasteiger partial charge on any atom is 0.171 e. The summed E-state index contributed by atoms with van der Waals surface area (Å²) in [7, 11) is 0. The van der Waals surface area contributed by atoms with Gasteiger partial charge in [0.05, 0.1) is 18.2 Å². The van der Waals surface area contributed by atoms with Crippen molar-refractivity contribution in [3.05, 3.63) is 71.3 Å². The second-order valence-corrected chi connectivity index (χ2v) is 5.81. The van der Waals surface area contributed by atoms with E-state index in [0.29, 0.717) is 6.54 Å². The molecule has 1 aliphatic rings. The van der Waals surface area contributed by atoms with E-state index in [-0.39, 0.29) is 12.0 Å². The third kappa shape index (κ3) is 2.17. The van der Waals surface area contributed by atoms with Gasteiger partial charge in [0.2, 0.25) is 0 Å². The first-order valence-corrected chi connectivity index (χ1v) is 7.38. The van der Waals surface area contributed by atoms with Crippen LogP contribution in [0, 0.1) is 35.0 Å². The van der Waals surface area contributed by atoms with Crippen LogP contribution < -0.4 is 5.32 Å². The Morgan fingerprint density at radius 2 is 1.59 bits per heavy atom. The van der Waals surface area contributed by atoms with Crippen LogP contribution in [-0.4, -0.2) is 6.54 Å². The summed E-state index contributed by atoms with van der Waals surface area (Å²) in [6, 6.07) is 22.2. The van der Waals surface area contributed by atoms with E-state index in [4.69, 9.17) is 0 Å². The van der Waals surface area contributed by atoms with Crippen LogP contribution in [0.4, 0.5) is 0 Å². The van der Waals surface area contributed by atoms with Gasteiger partial charge in [-0.25, -0.2) is 0 Å². The Hall–Kier alpha value is -2.62. The number of nitrogens with zero attached hydrogens (tertiary/aromatic N) is 2. The monoisotopic (exact) mass is 287 g/mol. The van der Waals surface area contributed by atoms with Crippen LogP contribution in [0.25, 0.3) is 0 Å². The summed E-state index contributed by atoms with van der Waals surface area (Å²) in [6.07, 6.45) is 0. The van der Waals surface area contributed by atoms with Gasteiger partial charge in [0, 0.05) is 12.5 Å². The predicted molar refractivity (Wildman–Crippen MR) is 84.8 cm³/mol. The molecule has 22 heavy (non-hydrogen) atoms. The molecule has 3 nitrogen and oxygen atoms in total. The SMILES string of the molecule is Cc1ccc(C2CNC(c3ccccc3)C2(C#N)C#N)cc1. The van der Waals surface area contributed by atoms with Crippen molar-refractivity contribution < 1.29 is 0 Å². The second kappa shape index (κ2) is 5.64. The van der Waals surface area contributed by atoms with Crippen LogP contribution in [0.15, 0.2) is 54.6 Å². The molecule has 2 unspecified atom stereocenters. The van der Waals surface area contributed by atoms with Crippen molar-refractivity contribution in [2.45, 2.75) is 18.9 Å². The first-order valence-electron chi connectivity index (χ1n) is 7.38. The van der Waals surface area contributed by atoms with Gasteiger partial charge in [0.25, 0.3) is 0 Å². The summed E-state index contributed by atoms with van der Waals surface area (Å²) >= 11 is 0. The molecule has 1 saturated heterocycles. The van der Waals surface area contributed by atoms with E-state index in [2.05, 4.69) is 17.5 Å². The summed E-state index contributed by atoms with van der Waals surface area (Å²) in [5.41, 5.74) is 2.12. The zero-order valence-corrected chi connectivity index (χ0v) is 12.5.